The Hall–Kier alpha value is -11.5. The molecule has 2 aromatic heterocycles. The first-order valence-electron chi connectivity index (χ1n) is 33.5. The third-order valence-corrected chi connectivity index (χ3v) is 20.8. The first-order chi connectivity index (χ1) is 52.4. The molecule has 30 nitrogen and oxygen atoms in total. The molecule has 3 amide bonds. The molecule has 578 valence electrons. The number of nitrogens with zero attached hydrogens (tertiary/aromatic N) is 7. The molecule has 0 radical (unpaired) electrons. The van der Waals surface area contributed by atoms with Gasteiger partial charge in [-0.2, -0.15) is 4.72 Å². The first-order valence-corrected chi connectivity index (χ1v) is 39.0. The standard InChI is InChI=1S/C25H27ClN6O4S.2C25H25ClN6O4S/c3*1-25(2,27)24(33)28-15-7-6-8-17(13-15)37(34,35)32-23-22(29-19-9-4-5-10-20(19)30-23)31-21-14-16(36-3)11-12-18(21)26/h4-14,23,30,32H,27H2,1-3H3,(H,28,33)(H,29,31);2*4-14H,27H2,1-3H3,(H3,28,29,30,31,32,33)/p+1. The highest BCUT2D eigenvalue weighted by atomic mass is 35.5. The number of benzene rings is 9. The predicted octanol–water partition coefficient (Wildman–Crippen LogP) is 12.0. The molecule has 1 aliphatic rings. The molecule has 111 heavy (non-hydrogen) atoms. The zero-order valence-electron chi connectivity index (χ0n) is 61.1. The molecule has 9 aromatic carbocycles. The van der Waals surface area contributed by atoms with Crippen molar-refractivity contribution in [3.63, 3.8) is 0 Å². The summed E-state index contributed by atoms with van der Waals surface area (Å²) in [5, 5.41) is 21.5. The molecule has 0 aliphatic carbocycles. The van der Waals surface area contributed by atoms with Gasteiger partial charge in [0.25, 0.3) is 17.7 Å². The molecule has 1 unspecified atom stereocenters. The first kappa shape index (κ1) is 82.0. The molecule has 36 heteroatoms. The smallest absolute Gasteiger partial charge is 0.285 e. The summed E-state index contributed by atoms with van der Waals surface area (Å²) in [6, 6.07) is 53.8. The zero-order chi connectivity index (χ0) is 80.4. The van der Waals surface area contributed by atoms with Gasteiger partial charge in [-0.25, -0.2) is 40.2 Å². The highest BCUT2D eigenvalue weighted by molar-refractivity contribution is 7.94. The number of fused-ring (bicyclic) bond motifs is 3. The lowest BCUT2D eigenvalue weighted by Gasteiger charge is -2.28. The number of amides is 3. The number of carbonyl (C=O) groups excluding carboxylic acids is 3. The van der Waals surface area contributed by atoms with Crippen LogP contribution < -0.4 is 73.4 Å². The largest absolute Gasteiger partial charge is 0.497 e. The van der Waals surface area contributed by atoms with Crippen LogP contribution in [0.2, 0.25) is 15.1 Å². The molecule has 0 spiro atoms. The van der Waals surface area contributed by atoms with Crippen molar-refractivity contribution in [2.75, 3.05) is 58.5 Å². The number of hydrogen-bond acceptors (Lipinski definition) is 21. The van der Waals surface area contributed by atoms with Gasteiger partial charge in [-0.05, 0) is 179 Å². The topological polar surface area (TPSA) is 453 Å². The maximum atomic E-state index is 13.4. The van der Waals surface area contributed by atoms with Crippen molar-refractivity contribution in [3.05, 3.63) is 225 Å². The van der Waals surface area contributed by atoms with Gasteiger partial charge in [0.05, 0.1) is 90.6 Å². The maximum Gasteiger partial charge on any atom is 0.285 e. The van der Waals surface area contributed by atoms with E-state index >= 15 is 0 Å². The Morgan fingerprint density at radius 1 is 0.432 bits per heavy atom. The summed E-state index contributed by atoms with van der Waals surface area (Å²) in [5.41, 5.74) is 14.2. The van der Waals surface area contributed by atoms with Gasteiger partial charge in [0.2, 0.25) is 30.1 Å². The highest BCUT2D eigenvalue weighted by Crippen LogP contribution is 2.41. The Bertz CT molecular complexity index is 5520. The normalized spacial score (nSPS) is 12.9. The minimum absolute atomic E-state index is 0.0356. The van der Waals surface area contributed by atoms with Crippen molar-refractivity contribution < 1.29 is 71.0 Å². The quantitative estimate of drug-likeness (QED) is 0.0283. The molecule has 1 atom stereocenters. The van der Waals surface area contributed by atoms with Crippen LogP contribution in [0.25, 0.3) is 31.5 Å². The molecule has 12 rings (SSSR count). The summed E-state index contributed by atoms with van der Waals surface area (Å²) in [6.45, 7) is 9.94. The van der Waals surface area contributed by atoms with E-state index < -0.39 is 52.9 Å². The number of amidine groups is 1. The summed E-state index contributed by atoms with van der Waals surface area (Å²) in [7, 11) is -8.00. The number of quaternary nitrogens is 3. The van der Waals surface area contributed by atoms with E-state index in [1.54, 1.807) is 181 Å². The third-order valence-electron chi connectivity index (χ3n) is 15.8. The summed E-state index contributed by atoms with van der Waals surface area (Å²) in [6.07, 6.45) is -0.959. The van der Waals surface area contributed by atoms with E-state index in [0.29, 0.717) is 99.9 Å². The van der Waals surface area contributed by atoms with Gasteiger partial charge in [-0.15, -0.1) is 0 Å². The number of nitrogens with one attached hydrogen (secondary N) is 8. The van der Waals surface area contributed by atoms with Crippen molar-refractivity contribution >= 4 is 179 Å². The van der Waals surface area contributed by atoms with Crippen molar-refractivity contribution in [2.24, 2.45) is 4.99 Å². The monoisotopic (exact) mass is 1620 g/mol. The minimum Gasteiger partial charge on any atom is -0.497 e. The number of sulfonamides is 3. The summed E-state index contributed by atoms with van der Waals surface area (Å²) in [4.78, 5) is 59.2. The molecule has 0 bridgehead atoms. The molecule has 0 saturated carbocycles. The Kier molecular flexibility index (Phi) is 25.3. The molecule has 1 aliphatic heterocycles. The average Bonchev–Trinajstić information content (AvgIpc) is 0.794. The lowest BCUT2D eigenvalue weighted by Crippen LogP contribution is -2.74. The number of para-hydroxylation sites is 6. The maximum absolute atomic E-state index is 13.4. The van der Waals surface area contributed by atoms with E-state index in [0.717, 1.165) is 0 Å². The van der Waals surface area contributed by atoms with Crippen LogP contribution in [-0.4, -0.2) is 113 Å². The number of halogens is 3. The SMILES string of the molecule is COc1ccc(Cl)c(NC2=Nc3ccccc3NC2NS(=O)(=O)c2cccc(NC(=O)C(C)(C)[NH3+])c2)c1.COc1ccc(Cl)c(Nc2nc3ccccc3nc2[N-]S(=O)(=O)c2cccc(NC(=O)C(C)(C)[NH3+])c2)c1.COc1ccc(Cl)c(Nc2nc3ccccc3nc2[N-]S(=O)(=O)c2cccc(NC(=O)C(C)(C)[NH3+])c2)c1. The van der Waals surface area contributed by atoms with Crippen LogP contribution in [0.15, 0.2) is 220 Å². The molecule has 17 N–H and O–H groups in total. The van der Waals surface area contributed by atoms with Crippen LogP contribution in [-0.2, 0) is 44.5 Å². The molecule has 0 fully saturated rings. The lowest BCUT2D eigenvalue weighted by molar-refractivity contribution is -0.445. The van der Waals surface area contributed by atoms with Crippen molar-refractivity contribution in [3.8, 4) is 17.2 Å². The fourth-order valence-electron chi connectivity index (χ4n) is 9.81. The van der Waals surface area contributed by atoms with Gasteiger partial charge in [-0.1, -0.05) is 102 Å². The van der Waals surface area contributed by atoms with E-state index in [1.807, 2.05) is 12.1 Å². The average molecular weight is 1630 g/mol. The molecule has 3 heterocycles. The van der Waals surface area contributed by atoms with Gasteiger partial charge < -0.3 is 88.0 Å². The predicted molar refractivity (Wildman–Crippen MR) is 431 cm³/mol. The van der Waals surface area contributed by atoms with Gasteiger partial charge in [0.1, 0.15) is 40.9 Å². The molecule has 0 saturated heterocycles. The second-order valence-corrected chi connectivity index (χ2v) is 32.8. The van der Waals surface area contributed by atoms with E-state index in [2.05, 4.69) is 93.5 Å². The van der Waals surface area contributed by atoms with Crippen LogP contribution in [0.5, 0.6) is 17.2 Å². The van der Waals surface area contributed by atoms with Crippen molar-refractivity contribution in [2.45, 2.75) is 79.0 Å². The minimum atomic E-state index is -4.26. The second kappa shape index (κ2) is 34.2. The number of hydrogen-bond donors (Lipinski definition) is 11. The number of rotatable bonds is 23. The van der Waals surface area contributed by atoms with Gasteiger partial charge >= 0.3 is 0 Å². The van der Waals surface area contributed by atoms with Crippen molar-refractivity contribution in [1.29, 1.82) is 0 Å². The Morgan fingerprint density at radius 3 is 1.15 bits per heavy atom. The fourth-order valence-corrected chi connectivity index (χ4v) is 13.4. The summed E-state index contributed by atoms with van der Waals surface area (Å²) in [5.74, 6) is 0.709. The third kappa shape index (κ3) is 21.3. The number of anilines is 9. The van der Waals surface area contributed by atoms with Crippen LogP contribution in [0.3, 0.4) is 0 Å². The van der Waals surface area contributed by atoms with Crippen LogP contribution >= 0.6 is 34.8 Å². The van der Waals surface area contributed by atoms with Crippen LogP contribution in [0, 0.1) is 0 Å². The van der Waals surface area contributed by atoms with E-state index in [-0.39, 0.29) is 61.5 Å². The van der Waals surface area contributed by atoms with Gasteiger partial charge in [-0.3, -0.25) is 14.4 Å². The fraction of sp³-hybridized carbons (Fsp3) is 0.173. The molecular formula is C75H78Cl3N18O12S3+. The molecular weight excluding hydrogens is 1550 g/mol. The van der Waals surface area contributed by atoms with Crippen LogP contribution in [0.1, 0.15) is 41.5 Å². The molecule has 11 aromatic rings. The number of aromatic nitrogens is 4. The number of ether oxygens (including phenoxy) is 3. The second-order valence-electron chi connectivity index (χ2n) is 26.6. The summed E-state index contributed by atoms with van der Waals surface area (Å²) < 4.78 is 106. The van der Waals surface area contributed by atoms with Crippen molar-refractivity contribution in [1.82, 2.24) is 24.7 Å². The lowest BCUT2D eigenvalue weighted by atomic mass is 10.1. The summed E-state index contributed by atoms with van der Waals surface area (Å²) >= 11 is 19.0. The van der Waals surface area contributed by atoms with E-state index in [9.17, 15) is 39.6 Å². The Labute approximate surface area is 655 Å². The van der Waals surface area contributed by atoms with E-state index in [4.69, 9.17) is 49.0 Å². The van der Waals surface area contributed by atoms with Gasteiger partial charge in [0.15, 0.2) is 16.6 Å². The Morgan fingerprint density at radius 2 is 0.775 bits per heavy atom. The number of carbonyl (C=O) groups is 3. The van der Waals surface area contributed by atoms with Crippen LogP contribution in [0.4, 0.5) is 68.8 Å². The zero-order valence-corrected chi connectivity index (χ0v) is 65.9. The van der Waals surface area contributed by atoms with E-state index in [1.165, 1.54) is 69.9 Å². The highest BCUT2D eigenvalue weighted by Gasteiger charge is 2.32. The van der Waals surface area contributed by atoms with Gasteiger partial charge in [0, 0.05) is 35.3 Å². The Balaban J connectivity index is 0.000000177. The number of methoxy groups -OCH3 is 3. The number of aliphatic imine (C=N–C) groups is 1.